The van der Waals surface area contributed by atoms with Crippen LogP contribution < -0.4 is 0 Å². The molecule has 112 valence electrons. The lowest BCUT2D eigenvalue weighted by Gasteiger charge is -2.31. The van der Waals surface area contributed by atoms with Crippen LogP contribution in [0.4, 0.5) is 4.79 Å². The number of aryl methyl sites for hydroxylation is 1. The third-order valence-corrected chi connectivity index (χ3v) is 3.23. The van der Waals surface area contributed by atoms with Gasteiger partial charge in [0.25, 0.3) is 0 Å². The van der Waals surface area contributed by atoms with E-state index in [1.807, 2.05) is 19.1 Å². The smallest absolute Gasteiger partial charge is 0.409 e. The highest BCUT2D eigenvalue weighted by molar-refractivity contribution is 5.66. The number of ether oxygens (including phenoxy) is 2. The van der Waals surface area contributed by atoms with Crippen LogP contribution in [0, 0.1) is 6.92 Å². The molecule has 1 aromatic rings. The van der Waals surface area contributed by atoms with E-state index in [0.717, 1.165) is 24.6 Å². The van der Waals surface area contributed by atoms with Gasteiger partial charge in [0.15, 0.2) is 0 Å². The second-order valence-electron chi connectivity index (χ2n) is 5.12. The molecular weight excluding hydrogens is 260 g/mol. The Morgan fingerprint density at radius 1 is 1.50 bits per heavy atom. The summed E-state index contributed by atoms with van der Waals surface area (Å²) in [6.07, 6.45) is -0.349. The van der Waals surface area contributed by atoms with E-state index in [1.54, 1.807) is 14.1 Å². The van der Waals surface area contributed by atoms with E-state index >= 15 is 0 Å². The van der Waals surface area contributed by atoms with Crippen LogP contribution >= 0.6 is 0 Å². The largest absolute Gasteiger partial charge is 0.464 e. The maximum absolute atomic E-state index is 11.3. The molecule has 1 saturated heterocycles. The molecule has 1 aliphatic rings. The van der Waals surface area contributed by atoms with Crippen molar-refractivity contribution in [2.24, 2.45) is 0 Å². The molecule has 20 heavy (non-hydrogen) atoms. The van der Waals surface area contributed by atoms with Gasteiger partial charge >= 0.3 is 6.09 Å². The van der Waals surface area contributed by atoms with Crippen molar-refractivity contribution < 1.29 is 18.7 Å². The summed E-state index contributed by atoms with van der Waals surface area (Å²) >= 11 is 0. The Hall–Kier alpha value is -1.53. The summed E-state index contributed by atoms with van der Waals surface area (Å²) in [5.74, 6) is 1.75. The van der Waals surface area contributed by atoms with Crippen molar-refractivity contribution in [2.75, 3.05) is 46.9 Å². The molecule has 0 aliphatic carbocycles. The lowest BCUT2D eigenvalue weighted by molar-refractivity contribution is -0.0446. The minimum atomic E-state index is -0.309. The molecule has 0 spiro atoms. The zero-order valence-electron chi connectivity index (χ0n) is 12.3. The molecule has 1 aromatic heterocycles. The minimum Gasteiger partial charge on any atom is -0.464 e. The Bertz CT molecular complexity index is 444. The first-order chi connectivity index (χ1) is 9.56. The van der Waals surface area contributed by atoms with Gasteiger partial charge in [-0.2, -0.15) is 0 Å². The molecule has 0 bridgehead atoms. The Morgan fingerprint density at radius 2 is 2.30 bits per heavy atom. The van der Waals surface area contributed by atoms with E-state index in [4.69, 9.17) is 13.9 Å². The van der Waals surface area contributed by atoms with E-state index in [2.05, 4.69) is 4.90 Å². The SMILES string of the molecule is Cc1ccc(C2CN(CCOC(=O)N(C)C)CCO2)o1. The maximum Gasteiger partial charge on any atom is 0.409 e. The quantitative estimate of drug-likeness (QED) is 0.840. The molecule has 2 rings (SSSR count). The first kappa shape index (κ1) is 14.9. The zero-order chi connectivity index (χ0) is 14.5. The second-order valence-corrected chi connectivity index (χ2v) is 5.12. The van der Waals surface area contributed by atoms with Crippen molar-refractivity contribution in [3.63, 3.8) is 0 Å². The number of hydrogen-bond acceptors (Lipinski definition) is 5. The van der Waals surface area contributed by atoms with Gasteiger partial charge in [-0.3, -0.25) is 4.90 Å². The minimum absolute atomic E-state index is 0.0398. The van der Waals surface area contributed by atoms with Crippen LogP contribution in [0.25, 0.3) is 0 Å². The van der Waals surface area contributed by atoms with E-state index in [0.29, 0.717) is 19.8 Å². The average Bonchev–Trinajstić information content (AvgIpc) is 2.85. The third-order valence-electron chi connectivity index (χ3n) is 3.23. The van der Waals surface area contributed by atoms with Crippen LogP contribution in [0.15, 0.2) is 16.5 Å². The molecule has 1 fully saturated rings. The Labute approximate surface area is 119 Å². The topological polar surface area (TPSA) is 55.2 Å². The van der Waals surface area contributed by atoms with Crippen LogP contribution in [-0.2, 0) is 9.47 Å². The standard InChI is InChI=1S/C14H22N2O4/c1-11-4-5-12(20-11)13-10-16(6-8-18-13)7-9-19-14(17)15(2)3/h4-5,13H,6-10H2,1-3H3. The highest BCUT2D eigenvalue weighted by Gasteiger charge is 2.24. The van der Waals surface area contributed by atoms with Crippen LogP contribution in [0.2, 0.25) is 0 Å². The Balaban J connectivity index is 1.77. The van der Waals surface area contributed by atoms with Gasteiger partial charge in [-0.1, -0.05) is 0 Å². The number of carbonyl (C=O) groups excluding carboxylic acids is 1. The Kier molecular flexibility index (Phi) is 5.03. The first-order valence-electron chi connectivity index (χ1n) is 6.80. The fourth-order valence-electron chi connectivity index (χ4n) is 2.10. The van der Waals surface area contributed by atoms with Gasteiger partial charge in [0.1, 0.15) is 24.2 Å². The molecule has 1 atom stereocenters. The molecule has 2 heterocycles. The lowest BCUT2D eigenvalue weighted by Crippen LogP contribution is -2.40. The predicted molar refractivity (Wildman–Crippen MR) is 73.6 cm³/mol. The summed E-state index contributed by atoms with van der Waals surface area (Å²) < 4.78 is 16.5. The second kappa shape index (κ2) is 6.76. The van der Waals surface area contributed by atoms with Crippen molar-refractivity contribution >= 4 is 6.09 Å². The monoisotopic (exact) mass is 282 g/mol. The van der Waals surface area contributed by atoms with Gasteiger partial charge in [-0.05, 0) is 19.1 Å². The predicted octanol–water partition coefficient (Wildman–Crippen LogP) is 1.66. The molecule has 0 radical (unpaired) electrons. The fourth-order valence-corrected chi connectivity index (χ4v) is 2.10. The van der Waals surface area contributed by atoms with E-state index < -0.39 is 0 Å². The van der Waals surface area contributed by atoms with Crippen molar-refractivity contribution in [1.29, 1.82) is 0 Å². The molecule has 1 aliphatic heterocycles. The van der Waals surface area contributed by atoms with Crippen LogP contribution in [-0.4, -0.2) is 62.8 Å². The molecule has 1 amide bonds. The van der Waals surface area contributed by atoms with Crippen molar-refractivity contribution in [3.05, 3.63) is 23.7 Å². The van der Waals surface area contributed by atoms with Gasteiger partial charge in [0.05, 0.1) is 6.61 Å². The summed E-state index contributed by atoms with van der Waals surface area (Å²) in [4.78, 5) is 15.0. The molecule has 6 nitrogen and oxygen atoms in total. The van der Waals surface area contributed by atoms with Crippen molar-refractivity contribution in [2.45, 2.75) is 13.0 Å². The number of morpholine rings is 1. The van der Waals surface area contributed by atoms with Crippen LogP contribution in [0.3, 0.4) is 0 Å². The lowest BCUT2D eigenvalue weighted by atomic mass is 10.2. The van der Waals surface area contributed by atoms with Crippen LogP contribution in [0.1, 0.15) is 17.6 Å². The summed E-state index contributed by atoms with van der Waals surface area (Å²) in [5, 5.41) is 0. The van der Waals surface area contributed by atoms with E-state index in [-0.39, 0.29) is 12.2 Å². The van der Waals surface area contributed by atoms with Gasteiger partial charge in [-0.25, -0.2) is 4.79 Å². The highest BCUT2D eigenvalue weighted by atomic mass is 16.6. The summed E-state index contributed by atoms with van der Waals surface area (Å²) in [7, 11) is 3.35. The summed E-state index contributed by atoms with van der Waals surface area (Å²) in [5.41, 5.74) is 0. The van der Waals surface area contributed by atoms with E-state index in [1.165, 1.54) is 4.90 Å². The van der Waals surface area contributed by atoms with Crippen molar-refractivity contribution in [1.82, 2.24) is 9.80 Å². The first-order valence-corrected chi connectivity index (χ1v) is 6.80. The van der Waals surface area contributed by atoms with E-state index in [9.17, 15) is 4.79 Å². The van der Waals surface area contributed by atoms with Crippen molar-refractivity contribution in [3.8, 4) is 0 Å². The Morgan fingerprint density at radius 3 is 2.95 bits per heavy atom. The molecule has 0 saturated carbocycles. The maximum atomic E-state index is 11.3. The molecular formula is C14H22N2O4. The van der Waals surface area contributed by atoms with Gasteiger partial charge < -0.3 is 18.8 Å². The summed E-state index contributed by atoms with van der Waals surface area (Å²) in [6, 6.07) is 3.89. The number of nitrogens with zero attached hydrogens (tertiary/aromatic N) is 2. The molecule has 1 unspecified atom stereocenters. The molecule has 6 heteroatoms. The number of hydrogen-bond donors (Lipinski definition) is 0. The number of furan rings is 1. The van der Waals surface area contributed by atoms with Gasteiger partial charge in [-0.15, -0.1) is 0 Å². The van der Waals surface area contributed by atoms with Gasteiger partial charge in [0.2, 0.25) is 0 Å². The number of amides is 1. The number of carbonyl (C=O) groups is 1. The number of rotatable bonds is 4. The van der Waals surface area contributed by atoms with Gasteiger partial charge in [0, 0.05) is 33.7 Å². The molecule has 0 N–H and O–H groups in total. The van der Waals surface area contributed by atoms with Crippen LogP contribution in [0.5, 0.6) is 0 Å². The normalized spacial score (nSPS) is 19.9. The zero-order valence-corrected chi connectivity index (χ0v) is 12.3. The highest BCUT2D eigenvalue weighted by Crippen LogP contribution is 2.23. The summed E-state index contributed by atoms with van der Waals surface area (Å²) in [6.45, 7) is 5.28. The fraction of sp³-hybridized carbons (Fsp3) is 0.643. The molecule has 0 aromatic carbocycles. The third kappa shape index (κ3) is 3.98. The average molecular weight is 282 g/mol.